The van der Waals surface area contributed by atoms with E-state index in [1.54, 1.807) is 21.9 Å². The summed E-state index contributed by atoms with van der Waals surface area (Å²) in [6.45, 7) is 1.35. The van der Waals surface area contributed by atoms with Crippen LogP contribution >= 0.6 is 0 Å². The third-order valence-electron chi connectivity index (χ3n) is 4.28. The van der Waals surface area contributed by atoms with Crippen molar-refractivity contribution in [2.24, 2.45) is 11.8 Å². The van der Waals surface area contributed by atoms with Gasteiger partial charge in [0, 0.05) is 32.1 Å². The smallest absolute Gasteiger partial charge is 0.248 e. The van der Waals surface area contributed by atoms with Crippen molar-refractivity contribution in [3.05, 3.63) is 35.6 Å². The molecule has 0 aromatic heterocycles. The molecule has 5 nitrogen and oxygen atoms in total. The molecule has 0 spiro atoms. The first-order chi connectivity index (χ1) is 10.1. The molecule has 1 aromatic carbocycles. The van der Waals surface area contributed by atoms with E-state index in [2.05, 4.69) is 0 Å². The second-order valence-electron chi connectivity index (χ2n) is 5.67. The maximum Gasteiger partial charge on any atom is 0.248 e. The number of carbonyl (C=O) groups is 2. The summed E-state index contributed by atoms with van der Waals surface area (Å²) in [5.74, 6) is -0.693. The topological polar surface area (TPSA) is 60.9 Å². The van der Waals surface area contributed by atoms with Crippen LogP contribution in [0, 0.1) is 17.7 Å². The average Bonchev–Trinajstić information content (AvgIpc) is 2.99. The van der Waals surface area contributed by atoms with Gasteiger partial charge in [-0.15, -0.1) is 0 Å². The summed E-state index contributed by atoms with van der Waals surface area (Å²) in [6, 6.07) is 6.24. The first-order valence-corrected chi connectivity index (χ1v) is 7.00. The van der Waals surface area contributed by atoms with Crippen LogP contribution in [0.25, 0.3) is 0 Å². The minimum absolute atomic E-state index is 0.0116. The SMILES string of the molecule is O=C(CO)N1C[C@H]2CN(Cc3cccc(F)c3)C(=O)[C@H]2C1. The van der Waals surface area contributed by atoms with Crippen LogP contribution in [0.5, 0.6) is 0 Å². The van der Waals surface area contributed by atoms with E-state index in [-0.39, 0.29) is 29.5 Å². The lowest BCUT2D eigenvalue weighted by Crippen LogP contribution is -2.36. The molecule has 2 heterocycles. The van der Waals surface area contributed by atoms with Crippen molar-refractivity contribution in [2.75, 3.05) is 26.2 Å². The van der Waals surface area contributed by atoms with Gasteiger partial charge in [0.05, 0.1) is 5.92 Å². The number of aliphatic hydroxyl groups is 1. The fourth-order valence-corrected chi connectivity index (χ4v) is 3.25. The quantitative estimate of drug-likeness (QED) is 0.868. The number of hydrogen-bond acceptors (Lipinski definition) is 3. The Hall–Kier alpha value is -1.95. The van der Waals surface area contributed by atoms with E-state index in [4.69, 9.17) is 5.11 Å². The summed E-state index contributed by atoms with van der Waals surface area (Å²) in [7, 11) is 0. The summed E-state index contributed by atoms with van der Waals surface area (Å²) >= 11 is 0. The predicted molar refractivity (Wildman–Crippen MR) is 72.5 cm³/mol. The number of rotatable bonds is 3. The summed E-state index contributed by atoms with van der Waals surface area (Å²) in [6.07, 6.45) is 0. The van der Waals surface area contributed by atoms with Crippen molar-refractivity contribution in [3.63, 3.8) is 0 Å². The number of benzene rings is 1. The van der Waals surface area contributed by atoms with Gasteiger partial charge < -0.3 is 14.9 Å². The Morgan fingerprint density at radius 1 is 1.33 bits per heavy atom. The largest absolute Gasteiger partial charge is 0.387 e. The standard InChI is InChI=1S/C15H17FN2O3/c16-12-3-1-2-10(4-12)5-18-7-11-6-17(14(20)9-19)8-13(11)15(18)21/h1-4,11,13,19H,5-9H2/t11-,13-/m0/s1. The number of amides is 2. The Kier molecular flexibility index (Phi) is 3.63. The first kappa shape index (κ1) is 14.0. The van der Waals surface area contributed by atoms with Crippen LogP contribution in [0.1, 0.15) is 5.56 Å². The van der Waals surface area contributed by atoms with Crippen LogP contribution in [-0.4, -0.2) is 53.0 Å². The summed E-state index contributed by atoms with van der Waals surface area (Å²) in [5, 5.41) is 8.88. The van der Waals surface area contributed by atoms with Crippen LogP contribution in [0.4, 0.5) is 4.39 Å². The molecule has 0 bridgehead atoms. The van der Waals surface area contributed by atoms with Crippen LogP contribution < -0.4 is 0 Å². The highest BCUT2D eigenvalue weighted by atomic mass is 19.1. The number of carbonyl (C=O) groups excluding carboxylic acids is 2. The van der Waals surface area contributed by atoms with Crippen molar-refractivity contribution in [2.45, 2.75) is 6.54 Å². The third-order valence-corrected chi connectivity index (χ3v) is 4.28. The van der Waals surface area contributed by atoms with Crippen LogP contribution in [-0.2, 0) is 16.1 Å². The van der Waals surface area contributed by atoms with Gasteiger partial charge in [-0.25, -0.2) is 4.39 Å². The van der Waals surface area contributed by atoms with Gasteiger partial charge in [0.1, 0.15) is 12.4 Å². The lowest BCUT2D eigenvalue weighted by atomic mass is 10.0. The molecular formula is C15H17FN2O3. The van der Waals surface area contributed by atoms with E-state index in [1.165, 1.54) is 12.1 Å². The molecule has 2 fully saturated rings. The monoisotopic (exact) mass is 292 g/mol. The van der Waals surface area contributed by atoms with E-state index < -0.39 is 6.61 Å². The molecule has 3 rings (SSSR count). The molecule has 2 aliphatic heterocycles. The molecule has 2 aliphatic rings. The number of halogens is 1. The van der Waals surface area contributed by atoms with Crippen LogP contribution in [0.15, 0.2) is 24.3 Å². The highest BCUT2D eigenvalue weighted by molar-refractivity contribution is 5.84. The molecule has 2 saturated heterocycles. The van der Waals surface area contributed by atoms with Crippen molar-refractivity contribution in [1.82, 2.24) is 9.80 Å². The minimum atomic E-state index is -0.513. The summed E-state index contributed by atoms with van der Waals surface area (Å²) < 4.78 is 13.2. The molecule has 6 heteroatoms. The van der Waals surface area contributed by atoms with Gasteiger partial charge in [-0.05, 0) is 17.7 Å². The van der Waals surface area contributed by atoms with Crippen molar-refractivity contribution in [1.29, 1.82) is 0 Å². The number of hydrogen-bond donors (Lipinski definition) is 1. The van der Waals surface area contributed by atoms with Gasteiger partial charge in [0.15, 0.2) is 0 Å². The maximum absolute atomic E-state index is 13.2. The zero-order valence-corrected chi connectivity index (χ0v) is 11.5. The number of aliphatic hydroxyl groups excluding tert-OH is 1. The maximum atomic E-state index is 13.2. The van der Waals surface area contributed by atoms with Crippen molar-refractivity contribution >= 4 is 11.8 Å². The molecule has 0 unspecified atom stereocenters. The Bertz CT molecular complexity index is 578. The highest BCUT2D eigenvalue weighted by Gasteiger charge is 2.47. The van der Waals surface area contributed by atoms with Gasteiger partial charge in [-0.2, -0.15) is 0 Å². The van der Waals surface area contributed by atoms with Gasteiger partial charge in [-0.1, -0.05) is 12.1 Å². The molecule has 112 valence electrons. The van der Waals surface area contributed by atoms with E-state index in [1.807, 2.05) is 0 Å². The number of nitrogens with zero attached hydrogens (tertiary/aromatic N) is 2. The van der Waals surface area contributed by atoms with Crippen molar-refractivity contribution in [3.8, 4) is 0 Å². The second kappa shape index (κ2) is 5.44. The summed E-state index contributed by atoms with van der Waals surface area (Å²) in [5.41, 5.74) is 0.770. The zero-order chi connectivity index (χ0) is 15.0. The molecule has 1 N–H and O–H groups in total. The van der Waals surface area contributed by atoms with Crippen LogP contribution in [0.3, 0.4) is 0 Å². The Labute approximate surface area is 122 Å². The predicted octanol–water partition coefficient (Wildman–Crippen LogP) is 0.235. The van der Waals surface area contributed by atoms with E-state index in [0.717, 1.165) is 5.56 Å². The first-order valence-electron chi connectivity index (χ1n) is 7.00. The second-order valence-corrected chi connectivity index (χ2v) is 5.67. The fourth-order valence-electron chi connectivity index (χ4n) is 3.25. The van der Waals surface area contributed by atoms with Gasteiger partial charge in [-0.3, -0.25) is 9.59 Å². The molecular weight excluding hydrogens is 275 g/mol. The van der Waals surface area contributed by atoms with E-state index >= 15 is 0 Å². The Morgan fingerprint density at radius 2 is 2.14 bits per heavy atom. The lowest BCUT2D eigenvalue weighted by molar-refractivity contribution is -0.135. The molecule has 2 amide bonds. The normalized spacial score (nSPS) is 24.6. The summed E-state index contributed by atoms with van der Waals surface area (Å²) in [4.78, 5) is 27.1. The molecule has 0 saturated carbocycles. The molecule has 2 atom stereocenters. The van der Waals surface area contributed by atoms with E-state index in [9.17, 15) is 14.0 Å². The van der Waals surface area contributed by atoms with Crippen LogP contribution in [0.2, 0.25) is 0 Å². The van der Waals surface area contributed by atoms with Crippen molar-refractivity contribution < 1.29 is 19.1 Å². The third kappa shape index (κ3) is 2.63. The lowest BCUT2D eigenvalue weighted by Gasteiger charge is -2.21. The van der Waals surface area contributed by atoms with Gasteiger partial charge >= 0.3 is 0 Å². The van der Waals surface area contributed by atoms with Gasteiger partial charge in [0.2, 0.25) is 11.8 Å². The Balaban J connectivity index is 1.65. The molecule has 0 aliphatic carbocycles. The highest BCUT2D eigenvalue weighted by Crippen LogP contribution is 2.33. The van der Waals surface area contributed by atoms with E-state index in [0.29, 0.717) is 26.2 Å². The zero-order valence-electron chi connectivity index (χ0n) is 11.5. The molecule has 0 radical (unpaired) electrons. The molecule has 21 heavy (non-hydrogen) atoms. The minimum Gasteiger partial charge on any atom is -0.387 e. The fraction of sp³-hybridized carbons (Fsp3) is 0.467. The molecule has 1 aromatic rings. The number of likely N-dealkylation sites (tertiary alicyclic amines) is 2. The number of fused-ring (bicyclic) bond motifs is 1. The Morgan fingerprint density at radius 3 is 2.81 bits per heavy atom. The van der Waals surface area contributed by atoms with Gasteiger partial charge in [0.25, 0.3) is 0 Å². The average molecular weight is 292 g/mol.